The Balaban J connectivity index is 4.72. The fraction of sp³-hybridized carbons (Fsp3) is 0.824. The number of carboxylic acids is 2. The van der Waals surface area contributed by atoms with Gasteiger partial charge in [0.1, 0.15) is 18.7 Å². The van der Waals surface area contributed by atoms with E-state index >= 15 is 0 Å². The van der Waals surface area contributed by atoms with Gasteiger partial charge in [0, 0.05) is 33.7 Å². The number of hydrogen-bond donors (Lipinski definition) is 3. The van der Waals surface area contributed by atoms with Crippen LogP contribution in [0.2, 0.25) is 0 Å². The van der Waals surface area contributed by atoms with Crippen LogP contribution in [0.3, 0.4) is 0 Å². The molecule has 0 atom stereocenters. The molecule has 0 saturated heterocycles. The maximum atomic E-state index is 13.2. The minimum Gasteiger partial charge on any atom is -0.481 e. The summed E-state index contributed by atoms with van der Waals surface area (Å²) in [4.78, 5) is 75.9. The minimum atomic E-state index is -0.935. The summed E-state index contributed by atoms with van der Waals surface area (Å²) < 4.78 is 42.6. The van der Waals surface area contributed by atoms with Gasteiger partial charge in [-0.2, -0.15) is 0 Å². The highest BCUT2D eigenvalue weighted by atomic mass is 16.6. The Morgan fingerprint density at radius 1 is 0.500 bits per heavy atom. The topological polar surface area (TPSA) is 238 Å². The van der Waals surface area contributed by atoms with Crippen molar-refractivity contribution in [3.63, 3.8) is 0 Å². The molecule has 4 amide bonds. The van der Waals surface area contributed by atoms with Crippen molar-refractivity contribution in [2.45, 2.75) is 45.6 Å². The fourth-order valence-corrected chi connectivity index (χ4v) is 3.81. The normalized spacial score (nSPS) is 11.2. The molecular weight excluding hydrogens is 720 g/mol. The van der Waals surface area contributed by atoms with Gasteiger partial charge in [0.25, 0.3) is 0 Å². The van der Waals surface area contributed by atoms with Gasteiger partial charge < -0.3 is 68.1 Å². The second-order valence-corrected chi connectivity index (χ2v) is 12.6. The smallest absolute Gasteiger partial charge is 0.407 e. The summed E-state index contributed by atoms with van der Waals surface area (Å²) in [5.74, 6) is -3.16. The van der Waals surface area contributed by atoms with E-state index in [1.807, 2.05) is 0 Å². The van der Waals surface area contributed by atoms with E-state index in [2.05, 4.69) is 5.32 Å². The zero-order chi connectivity index (χ0) is 40.6. The molecule has 0 aromatic heterocycles. The third-order valence-electron chi connectivity index (χ3n) is 6.78. The number of aliphatic carboxylic acids is 2. The van der Waals surface area contributed by atoms with Crippen LogP contribution in [0.1, 0.15) is 40.0 Å². The van der Waals surface area contributed by atoms with E-state index in [0.717, 1.165) is 0 Å². The quantitative estimate of drug-likeness (QED) is 0.0711. The highest BCUT2D eigenvalue weighted by Gasteiger charge is 2.23. The largest absolute Gasteiger partial charge is 0.481 e. The van der Waals surface area contributed by atoms with Crippen molar-refractivity contribution < 1.29 is 76.9 Å². The highest BCUT2D eigenvalue weighted by molar-refractivity contribution is 5.89. The monoisotopic (exact) mass is 782 g/mol. The SMILES string of the molecule is CN(CCOCCOCCOCCC(=O)O)C(=O)CN(CC(=O)N(C)CCOCCOCCOCCC(=O)O)C(=O)CCOCCNC(=O)OC(C)(C)C. The molecule has 3 N–H and O–H groups in total. The summed E-state index contributed by atoms with van der Waals surface area (Å²) in [5, 5.41) is 19.7. The second-order valence-electron chi connectivity index (χ2n) is 12.6. The molecule has 0 aliphatic heterocycles. The van der Waals surface area contributed by atoms with Crippen LogP contribution in [0.15, 0.2) is 0 Å². The molecule has 0 saturated carbocycles. The summed E-state index contributed by atoms with van der Waals surface area (Å²) in [6, 6.07) is 0. The number of amides is 4. The highest BCUT2D eigenvalue weighted by Crippen LogP contribution is 2.06. The summed E-state index contributed by atoms with van der Waals surface area (Å²) >= 11 is 0. The van der Waals surface area contributed by atoms with E-state index in [9.17, 15) is 28.8 Å². The number of carboxylic acid groups (broad SMARTS) is 2. The van der Waals surface area contributed by atoms with Gasteiger partial charge in [-0.15, -0.1) is 0 Å². The fourth-order valence-electron chi connectivity index (χ4n) is 3.81. The van der Waals surface area contributed by atoms with Crippen LogP contribution in [0.5, 0.6) is 0 Å². The first-order valence-electron chi connectivity index (χ1n) is 17.8. The number of carbonyl (C=O) groups is 6. The number of likely N-dealkylation sites (N-methyl/N-ethyl adjacent to an activating group) is 2. The van der Waals surface area contributed by atoms with E-state index in [-0.39, 0.29) is 144 Å². The molecule has 0 unspecified atom stereocenters. The molecule has 54 heavy (non-hydrogen) atoms. The van der Waals surface area contributed by atoms with Crippen LogP contribution < -0.4 is 5.32 Å². The lowest BCUT2D eigenvalue weighted by Gasteiger charge is -2.27. The Morgan fingerprint density at radius 3 is 1.24 bits per heavy atom. The van der Waals surface area contributed by atoms with Gasteiger partial charge >= 0.3 is 18.0 Å². The molecule has 0 bridgehead atoms. The maximum absolute atomic E-state index is 13.2. The summed E-state index contributed by atoms with van der Waals surface area (Å²) in [6.07, 6.45) is -0.857. The van der Waals surface area contributed by atoms with Crippen LogP contribution in [0.25, 0.3) is 0 Å². The van der Waals surface area contributed by atoms with Crippen molar-refractivity contribution in [3.8, 4) is 0 Å². The van der Waals surface area contributed by atoms with Crippen LogP contribution in [0.4, 0.5) is 4.79 Å². The average Bonchev–Trinajstić information content (AvgIpc) is 3.09. The Kier molecular flexibility index (Phi) is 29.5. The van der Waals surface area contributed by atoms with Crippen LogP contribution in [-0.2, 0) is 61.9 Å². The molecule has 0 spiro atoms. The lowest BCUT2D eigenvalue weighted by Crippen LogP contribution is -2.47. The molecule has 0 heterocycles. The molecule has 0 aromatic carbocycles. The average molecular weight is 783 g/mol. The summed E-state index contributed by atoms with van der Waals surface area (Å²) in [5.41, 5.74) is -0.644. The Hall–Kier alpha value is -3.66. The van der Waals surface area contributed by atoms with E-state index in [1.165, 1.54) is 14.7 Å². The first-order chi connectivity index (χ1) is 25.6. The molecule has 0 aliphatic rings. The van der Waals surface area contributed by atoms with Crippen LogP contribution in [0, 0.1) is 0 Å². The van der Waals surface area contributed by atoms with Crippen molar-refractivity contribution in [3.05, 3.63) is 0 Å². The standard InChI is InChI=1S/C34H62N4O16/c1-34(2,3)54-33(46)35-9-15-47-12-6-28(39)38(26-29(40)36(4)10-16-50-20-24-52-22-18-48-13-7-31(42)43)27-30(41)37(5)11-17-51-21-25-53-23-19-49-14-8-32(44)45/h6-27H2,1-5H3,(H,35,46)(H,42,43)(H,44,45). The molecule has 0 radical (unpaired) electrons. The Labute approximate surface area is 317 Å². The lowest BCUT2D eigenvalue weighted by molar-refractivity contribution is -0.145. The molecule has 0 rings (SSSR count). The van der Waals surface area contributed by atoms with Crippen molar-refractivity contribution >= 4 is 35.8 Å². The zero-order valence-electron chi connectivity index (χ0n) is 32.5. The number of alkyl carbamates (subject to hydrolysis) is 1. The first-order valence-corrected chi connectivity index (χ1v) is 17.8. The van der Waals surface area contributed by atoms with Gasteiger partial charge in [0.05, 0.1) is 112 Å². The number of hydrogen-bond acceptors (Lipinski definition) is 14. The molecule has 20 heteroatoms. The van der Waals surface area contributed by atoms with E-state index < -0.39 is 41.4 Å². The number of nitrogens with one attached hydrogen (secondary N) is 1. The molecule has 0 fully saturated rings. The molecule has 0 aromatic rings. The molecule has 20 nitrogen and oxygen atoms in total. The van der Waals surface area contributed by atoms with Gasteiger partial charge in [-0.3, -0.25) is 24.0 Å². The number of carbonyl (C=O) groups excluding carboxylic acids is 4. The minimum absolute atomic E-state index is 0.00582. The van der Waals surface area contributed by atoms with Gasteiger partial charge in [-0.1, -0.05) is 0 Å². The predicted molar refractivity (Wildman–Crippen MR) is 191 cm³/mol. The number of rotatable bonds is 34. The third kappa shape index (κ3) is 31.8. The van der Waals surface area contributed by atoms with E-state index in [0.29, 0.717) is 0 Å². The molecular formula is C34H62N4O16. The lowest BCUT2D eigenvalue weighted by atomic mass is 10.2. The van der Waals surface area contributed by atoms with Crippen LogP contribution >= 0.6 is 0 Å². The summed E-state index contributed by atoms with van der Waals surface area (Å²) in [7, 11) is 3.11. The zero-order valence-corrected chi connectivity index (χ0v) is 32.5. The van der Waals surface area contributed by atoms with Crippen molar-refractivity contribution in [2.24, 2.45) is 0 Å². The maximum Gasteiger partial charge on any atom is 0.407 e. The number of ether oxygens (including phenoxy) is 8. The number of nitrogens with zero attached hydrogens (tertiary/aromatic N) is 3. The first kappa shape index (κ1) is 50.3. The predicted octanol–water partition coefficient (Wildman–Crippen LogP) is -0.288. The van der Waals surface area contributed by atoms with Gasteiger partial charge in [-0.05, 0) is 20.8 Å². The Bertz CT molecular complexity index is 1020. The van der Waals surface area contributed by atoms with Gasteiger partial charge in [-0.25, -0.2) is 4.79 Å². The third-order valence-corrected chi connectivity index (χ3v) is 6.78. The van der Waals surface area contributed by atoms with Crippen molar-refractivity contribution in [2.75, 3.05) is 139 Å². The van der Waals surface area contributed by atoms with E-state index in [4.69, 9.17) is 48.1 Å². The molecule has 314 valence electrons. The van der Waals surface area contributed by atoms with Gasteiger partial charge in [0.15, 0.2) is 0 Å². The second kappa shape index (κ2) is 31.7. The van der Waals surface area contributed by atoms with Crippen LogP contribution in [-0.4, -0.2) is 206 Å². The van der Waals surface area contributed by atoms with Crippen molar-refractivity contribution in [1.29, 1.82) is 0 Å². The van der Waals surface area contributed by atoms with Gasteiger partial charge in [0.2, 0.25) is 17.7 Å². The summed E-state index contributed by atoms with van der Waals surface area (Å²) in [6.45, 7) is 8.03. The Morgan fingerprint density at radius 2 is 0.852 bits per heavy atom. The van der Waals surface area contributed by atoms with Crippen molar-refractivity contribution in [1.82, 2.24) is 20.0 Å². The van der Waals surface area contributed by atoms with E-state index in [1.54, 1.807) is 34.9 Å². The molecule has 0 aliphatic carbocycles.